The fourth-order valence-corrected chi connectivity index (χ4v) is 5.12. The van der Waals surface area contributed by atoms with Gasteiger partial charge in [-0.2, -0.15) is 13.2 Å². The number of hydrogen-bond acceptors (Lipinski definition) is 6. The van der Waals surface area contributed by atoms with E-state index in [1.54, 1.807) is 0 Å². The summed E-state index contributed by atoms with van der Waals surface area (Å²) in [6.07, 6.45) is 4.43. The number of halogens is 3. The Kier molecular flexibility index (Phi) is 7.73. The van der Waals surface area contributed by atoms with E-state index in [-0.39, 0.29) is 17.4 Å². The Morgan fingerprint density at radius 3 is 2.55 bits per heavy atom. The van der Waals surface area contributed by atoms with E-state index >= 15 is 0 Å². The minimum absolute atomic E-state index is 0.0313. The monoisotopic (exact) mass is 469 g/mol. The third-order valence-electron chi connectivity index (χ3n) is 7.34. The predicted molar refractivity (Wildman–Crippen MR) is 118 cm³/mol. The molecule has 0 aliphatic carbocycles. The standard InChI is InChI=1S/C23H34F3N5O2/c24-23(25,26)19-14-20(29-17-28-19)31-12-7-22(8-13-31)6-4-18(33-16-22)15-27-21(32)5-11-30-9-2-1-3-10-30/h14,17-18H,1-13,15-16H2,(H,27,32). The Morgan fingerprint density at radius 2 is 1.88 bits per heavy atom. The summed E-state index contributed by atoms with van der Waals surface area (Å²) in [6, 6.07) is 1.03. The summed E-state index contributed by atoms with van der Waals surface area (Å²) >= 11 is 0. The lowest BCUT2D eigenvalue weighted by Gasteiger charge is -2.46. The molecule has 1 aromatic rings. The quantitative estimate of drug-likeness (QED) is 0.690. The van der Waals surface area contributed by atoms with Crippen LogP contribution in [0.4, 0.5) is 19.0 Å². The van der Waals surface area contributed by atoms with Gasteiger partial charge in [0.1, 0.15) is 17.8 Å². The van der Waals surface area contributed by atoms with Crippen molar-refractivity contribution in [1.82, 2.24) is 20.2 Å². The van der Waals surface area contributed by atoms with Crippen LogP contribution in [-0.2, 0) is 15.7 Å². The van der Waals surface area contributed by atoms with E-state index < -0.39 is 11.9 Å². The van der Waals surface area contributed by atoms with Gasteiger partial charge in [0.2, 0.25) is 5.91 Å². The van der Waals surface area contributed by atoms with Gasteiger partial charge in [-0.15, -0.1) is 0 Å². The number of carbonyl (C=O) groups excluding carboxylic acids is 1. The maximum atomic E-state index is 12.9. The third kappa shape index (κ3) is 6.56. The molecule has 7 nitrogen and oxygen atoms in total. The third-order valence-corrected chi connectivity index (χ3v) is 7.34. The molecule has 3 aliphatic rings. The number of alkyl halides is 3. The Morgan fingerprint density at radius 1 is 1.12 bits per heavy atom. The first-order chi connectivity index (χ1) is 15.8. The number of piperidine rings is 2. The lowest BCUT2D eigenvalue weighted by Crippen LogP contribution is -2.48. The van der Waals surface area contributed by atoms with Gasteiger partial charge in [-0.05, 0) is 57.0 Å². The number of ether oxygens (including phenoxy) is 1. The zero-order chi connectivity index (χ0) is 23.3. The van der Waals surface area contributed by atoms with Crippen LogP contribution in [0.1, 0.15) is 57.1 Å². The number of carbonyl (C=O) groups is 1. The molecule has 1 amide bonds. The average Bonchev–Trinajstić information content (AvgIpc) is 2.83. The molecule has 0 aromatic carbocycles. The van der Waals surface area contributed by atoms with E-state index in [4.69, 9.17) is 4.74 Å². The van der Waals surface area contributed by atoms with Crippen molar-refractivity contribution in [2.45, 2.75) is 63.6 Å². The van der Waals surface area contributed by atoms with Crippen molar-refractivity contribution < 1.29 is 22.7 Å². The van der Waals surface area contributed by atoms with Crippen LogP contribution in [0, 0.1) is 5.41 Å². The molecule has 1 unspecified atom stereocenters. The Hall–Kier alpha value is -1.94. The average molecular weight is 470 g/mol. The number of nitrogens with zero attached hydrogens (tertiary/aromatic N) is 4. The van der Waals surface area contributed by atoms with E-state index in [9.17, 15) is 18.0 Å². The zero-order valence-electron chi connectivity index (χ0n) is 19.1. The van der Waals surface area contributed by atoms with Crippen molar-refractivity contribution in [3.05, 3.63) is 18.1 Å². The second kappa shape index (κ2) is 10.5. The summed E-state index contributed by atoms with van der Waals surface area (Å²) in [5.74, 6) is 0.412. The minimum Gasteiger partial charge on any atom is -0.376 e. The summed E-state index contributed by atoms with van der Waals surface area (Å²) in [5.41, 5.74) is -0.847. The highest BCUT2D eigenvalue weighted by atomic mass is 19.4. The molecule has 1 N–H and O–H groups in total. The fraction of sp³-hybridized carbons (Fsp3) is 0.783. The van der Waals surface area contributed by atoms with Gasteiger partial charge in [0.05, 0.1) is 12.7 Å². The second-order valence-corrected chi connectivity index (χ2v) is 9.67. The number of hydrogen-bond donors (Lipinski definition) is 1. The SMILES string of the molecule is O=C(CCN1CCCCC1)NCC1CCC2(CCN(c3cc(C(F)(F)F)ncn3)CC2)CO1. The second-order valence-electron chi connectivity index (χ2n) is 9.67. The molecule has 33 heavy (non-hydrogen) atoms. The molecule has 0 radical (unpaired) electrons. The van der Waals surface area contributed by atoms with Gasteiger partial charge in [-0.1, -0.05) is 6.42 Å². The van der Waals surface area contributed by atoms with Crippen LogP contribution in [0.3, 0.4) is 0 Å². The number of nitrogens with one attached hydrogen (secondary N) is 1. The molecular formula is C23H34F3N5O2. The van der Waals surface area contributed by atoms with E-state index in [1.165, 1.54) is 19.3 Å². The van der Waals surface area contributed by atoms with Crippen LogP contribution in [0.15, 0.2) is 12.4 Å². The van der Waals surface area contributed by atoms with Crippen LogP contribution >= 0.6 is 0 Å². The molecule has 184 valence electrons. The van der Waals surface area contributed by atoms with Crippen LogP contribution in [0.2, 0.25) is 0 Å². The van der Waals surface area contributed by atoms with Crippen LogP contribution in [0.25, 0.3) is 0 Å². The number of anilines is 1. The molecular weight excluding hydrogens is 435 g/mol. The zero-order valence-corrected chi connectivity index (χ0v) is 19.1. The lowest BCUT2D eigenvalue weighted by atomic mass is 9.73. The van der Waals surface area contributed by atoms with Gasteiger partial charge in [-0.3, -0.25) is 4.79 Å². The first-order valence-electron chi connectivity index (χ1n) is 12.1. The number of aromatic nitrogens is 2. The molecule has 0 saturated carbocycles. The molecule has 1 atom stereocenters. The molecule has 10 heteroatoms. The summed E-state index contributed by atoms with van der Waals surface area (Å²) in [4.78, 5) is 23.9. The molecule has 1 spiro atoms. The van der Waals surface area contributed by atoms with Crippen molar-refractivity contribution in [2.75, 3.05) is 50.8 Å². The molecule has 1 aromatic heterocycles. The molecule has 0 bridgehead atoms. The van der Waals surface area contributed by atoms with Gasteiger partial charge in [0.15, 0.2) is 0 Å². The fourth-order valence-electron chi connectivity index (χ4n) is 5.12. The van der Waals surface area contributed by atoms with E-state index in [0.717, 1.165) is 57.7 Å². The number of rotatable bonds is 6. The minimum atomic E-state index is -4.47. The topological polar surface area (TPSA) is 70.6 Å². The van der Waals surface area contributed by atoms with E-state index in [0.29, 0.717) is 38.5 Å². The first-order valence-corrected chi connectivity index (χ1v) is 12.1. The highest BCUT2D eigenvalue weighted by molar-refractivity contribution is 5.76. The Bertz CT molecular complexity index is 783. The Balaban J connectivity index is 1.17. The normalized spacial score (nSPS) is 24.1. The molecule has 3 saturated heterocycles. The van der Waals surface area contributed by atoms with Crippen LogP contribution in [0.5, 0.6) is 0 Å². The summed E-state index contributed by atoms with van der Waals surface area (Å²) in [7, 11) is 0. The van der Waals surface area contributed by atoms with Gasteiger partial charge in [-0.25, -0.2) is 9.97 Å². The highest BCUT2D eigenvalue weighted by Gasteiger charge is 2.40. The van der Waals surface area contributed by atoms with E-state index in [1.807, 2.05) is 4.90 Å². The van der Waals surface area contributed by atoms with Gasteiger partial charge >= 0.3 is 6.18 Å². The maximum absolute atomic E-state index is 12.9. The van der Waals surface area contributed by atoms with Gasteiger partial charge in [0, 0.05) is 38.7 Å². The smallest absolute Gasteiger partial charge is 0.376 e. The largest absolute Gasteiger partial charge is 0.433 e. The maximum Gasteiger partial charge on any atom is 0.433 e. The highest BCUT2D eigenvalue weighted by Crippen LogP contribution is 2.41. The first kappa shape index (κ1) is 24.2. The van der Waals surface area contributed by atoms with Crippen molar-refractivity contribution in [2.24, 2.45) is 5.41 Å². The van der Waals surface area contributed by atoms with Crippen molar-refractivity contribution in [1.29, 1.82) is 0 Å². The molecule has 4 rings (SSSR count). The van der Waals surface area contributed by atoms with Gasteiger partial charge in [0.25, 0.3) is 0 Å². The summed E-state index contributed by atoms with van der Waals surface area (Å²) in [5, 5.41) is 3.02. The number of amides is 1. The van der Waals surface area contributed by atoms with Crippen LogP contribution < -0.4 is 10.2 Å². The molecule has 3 aliphatic heterocycles. The van der Waals surface area contributed by atoms with Crippen molar-refractivity contribution in [3.8, 4) is 0 Å². The predicted octanol–water partition coefficient (Wildman–Crippen LogP) is 3.25. The number of likely N-dealkylation sites (tertiary alicyclic amines) is 1. The molecule has 3 fully saturated rings. The summed E-state index contributed by atoms with van der Waals surface area (Å²) in [6.45, 7) is 5.49. The van der Waals surface area contributed by atoms with E-state index in [2.05, 4.69) is 20.2 Å². The van der Waals surface area contributed by atoms with Crippen molar-refractivity contribution >= 4 is 11.7 Å². The molecule has 4 heterocycles. The van der Waals surface area contributed by atoms with Crippen LogP contribution in [-0.4, -0.2) is 72.8 Å². The summed E-state index contributed by atoms with van der Waals surface area (Å²) < 4.78 is 44.9. The lowest BCUT2D eigenvalue weighted by molar-refractivity contribution is -0.141. The van der Waals surface area contributed by atoms with Gasteiger partial charge < -0.3 is 19.9 Å². The Labute approximate surface area is 193 Å². The van der Waals surface area contributed by atoms with Crippen molar-refractivity contribution in [3.63, 3.8) is 0 Å².